The number of ether oxygens (including phenoxy) is 1. The maximum atomic E-state index is 12.7. The molecule has 3 rings (SSSR count). The Labute approximate surface area is 141 Å². The van der Waals surface area contributed by atoms with Crippen LogP contribution in [0.2, 0.25) is 5.02 Å². The summed E-state index contributed by atoms with van der Waals surface area (Å²) >= 11 is 6.12. The number of carbonyl (C=O) groups is 1. The van der Waals surface area contributed by atoms with Gasteiger partial charge < -0.3 is 10.1 Å². The number of fused-ring (bicyclic) bond motifs is 1. The summed E-state index contributed by atoms with van der Waals surface area (Å²) < 4.78 is 5.42. The van der Waals surface area contributed by atoms with Crippen LogP contribution in [0.25, 0.3) is 0 Å². The molecule has 1 N–H and O–H groups in total. The van der Waals surface area contributed by atoms with E-state index in [0.29, 0.717) is 11.4 Å². The van der Waals surface area contributed by atoms with Gasteiger partial charge in [0.05, 0.1) is 12.5 Å². The number of hydrogen-bond donors (Lipinski definition) is 1. The zero-order valence-corrected chi connectivity index (χ0v) is 14.3. The van der Waals surface area contributed by atoms with Crippen molar-refractivity contribution in [2.45, 2.75) is 32.1 Å². The third-order valence-electron chi connectivity index (χ3n) is 4.62. The molecule has 0 aliphatic carbocycles. The van der Waals surface area contributed by atoms with Crippen molar-refractivity contribution in [3.63, 3.8) is 0 Å². The van der Waals surface area contributed by atoms with Crippen LogP contribution in [-0.2, 0) is 23.1 Å². The zero-order valence-electron chi connectivity index (χ0n) is 13.6. The molecule has 0 bridgehead atoms. The number of amides is 1. The molecular formula is C19H20ClNO2. The Morgan fingerprint density at radius 2 is 2.00 bits per heavy atom. The normalized spacial score (nSPS) is 19.4. The van der Waals surface area contributed by atoms with Gasteiger partial charge in [-0.1, -0.05) is 30.7 Å². The second-order valence-electron chi connectivity index (χ2n) is 6.15. The summed E-state index contributed by atoms with van der Waals surface area (Å²) in [5, 5.41) is 3.67. The minimum Gasteiger partial charge on any atom is -0.496 e. The standard InChI is InChI=1S/C19H20ClNO2/c1-4-12-5-7-15-16(9-12)21-18(22)19(15,2)11-13-10-14(20)6-8-17(13)23-3/h5-10H,4,11H2,1-3H3,(H,21,22). The van der Waals surface area contributed by atoms with Crippen molar-refractivity contribution in [3.05, 3.63) is 58.1 Å². The van der Waals surface area contributed by atoms with E-state index in [0.717, 1.165) is 29.0 Å². The predicted molar refractivity (Wildman–Crippen MR) is 93.5 cm³/mol. The fraction of sp³-hybridized carbons (Fsp3) is 0.316. The van der Waals surface area contributed by atoms with Gasteiger partial charge in [-0.3, -0.25) is 4.79 Å². The smallest absolute Gasteiger partial charge is 0.235 e. The summed E-state index contributed by atoms with van der Waals surface area (Å²) in [6.45, 7) is 4.08. The van der Waals surface area contributed by atoms with E-state index >= 15 is 0 Å². The molecule has 1 heterocycles. The van der Waals surface area contributed by atoms with E-state index in [9.17, 15) is 4.79 Å². The summed E-state index contributed by atoms with van der Waals surface area (Å²) in [5.41, 5.74) is 3.47. The topological polar surface area (TPSA) is 38.3 Å². The van der Waals surface area contributed by atoms with Crippen molar-refractivity contribution in [1.29, 1.82) is 0 Å². The van der Waals surface area contributed by atoms with E-state index in [1.807, 2.05) is 19.1 Å². The number of benzene rings is 2. The van der Waals surface area contributed by atoms with E-state index in [1.54, 1.807) is 13.2 Å². The van der Waals surface area contributed by atoms with Crippen LogP contribution in [0.15, 0.2) is 36.4 Å². The Hall–Kier alpha value is -2.00. The molecule has 3 nitrogen and oxygen atoms in total. The highest BCUT2D eigenvalue weighted by Gasteiger charge is 2.43. The maximum absolute atomic E-state index is 12.7. The van der Waals surface area contributed by atoms with Crippen LogP contribution in [-0.4, -0.2) is 13.0 Å². The van der Waals surface area contributed by atoms with Crippen LogP contribution >= 0.6 is 11.6 Å². The van der Waals surface area contributed by atoms with Gasteiger partial charge in [0.25, 0.3) is 0 Å². The highest BCUT2D eigenvalue weighted by molar-refractivity contribution is 6.30. The van der Waals surface area contributed by atoms with Crippen molar-refractivity contribution < 1.29 is 9.53 Å². The van der Waals surface area contributed by atoms with Crippen molar-refractivity contribution >= 4 is 23.2 Å². The Balaban J connectivity index is 2.03. The van der Waals surface area contributed by atoms with E-state index in [-0.39, 0.29) is 5.91 Å². The number of anilines is 1. The van der Waals surface area contributed by atoms with Gasteiger partial charge in [-0.2, -0.15) is 0 Å². The molecule has 1 amide bonds. The zero-order chi connectivity index (χ0) is 16.6. The molecule has 120 valence electrons. The number of carbonyl (C=O) groups excluding carboxylic acids is 1. The number of halogens is 1. The van der Waals surface area contributed by atoms with Crippen LogP contribution in [0.3, 0.4) is 0 Å². The van der Waals surface area contributed by atoms with Gasteiger partial charge in [0.2, 0.25) is 5.91 Å². The van der Waals surface area contributed by atoms with Gasteiger partial charge >= 0.3 is 0 Å². The molecule has 0 aromatic heterocycles. The first-order valence-electron chi connectivity index (χ1n) is 7.75. The van der Waals surface area contributed by atoms with Crippen LogP contribution < -0.4 is 10.1 Å². The molecule has 0 radical (unpaired) electrons. The highest BCUT2D eigenvalue weighted by atomic mass is 35.5. The molecular weight excluding hydrogens is 310 g/mol. The second kappa shape index (κ2) is 5.89. The lowest BCUT2D eigenvalue weighted by molar-refractivity contribution is -0.120. The fourth-order valence-corrected chi connectivity index (χ4v) is 3.41. The van der Waals surface area contributed by atoms with Crippen LogP contribution in [0.1, 0.15) is 30.5 Å². The van der Waals surface area contributed by atoms with Crippen LogP contribution in [0, 0.1) is 0 Å². The molecule has 1 aliphatic heterocycles. The molecule has 2 aromatic rings. The molecule has 1 unspecified atom stereocenters. The van der Waals surface area contributed by atoms with Crippen molar-refractivity contribution in [2.24, 2.45) is 0 Å². The number of aryl methyl sites for hydroxylation is 1. The molecule has 2 aromatic carbocycles. The molecule has 1 atom stereocenters. The minimum atomic E-state index is -0.625. The Morgan fingerprint density at radius 3 is 2.70 bits per heavy atom. The monoisotopic (exact) mass is 329 g/mol. The van der Waals surface area contributed by atoms with E-state index in [4.69, 9.17) is 16.3 Å². The third kappa shape index (κ3) is 2.70. The Kier molecular flexibility index (Phi) is 4.07. The van der Waals surface area contributed by atoms with Crippen LogP contribution in [0.5, 0.6) is 5.75 Å². The SMILES string of the molecule is CCc1ccc2c(c1)NC(=O)C2(C)Cc1cc(Cl)ccc1OC. The quantitative estimate of drug-likeness (QED) is 0.904. The molecule has 23 heavy (non-hydrogen) atoms. The first kappa shape index (κ1) is 15.9. The number of hydrogen-bond acceptors (Lipinski definition) is 2. The van der Waals surface area contributed by atoms with Gasteiger partial charge in [0.15, 0.2) is 0 Å². The highest BCUT2D eigenvalue weighted by Crippen LogP contribution is 2.42. The Bertz CT molecular complexity index is 772. The molecule has 0 saturated heterocycles. The summed E-state index contributed by atoms with van der Waals surface area (Å²) in [5.74, 6) is 0.768. The maximum Gasteiger partial charge on any atom is 0.235 e. The molecule has 0 saturated carbocycles. The Morgan fingerprint density at radius 1 is 1.22 bits per heavy atom. The van der Waals surface area contributed by atoms with Gasteiger partial charge in [0.1, 0.15) is 5.75 Å². The summed E-state index contributed by atoms with van der Waals surface area (Å²) in [6.07, 6.45) is 1.49. The number of nitrogens with one attached hydrogen (secondary N) is 1. The van der Waals surface area contributed by atoms with Gasteiger partial charge in [0, 0.05) is 10.7 Å². The van der Waals surface area contributed by atoms with E-state index < -0.39 is 5.41 Å². The largest absolute Gasteiger partial charge is 0.496 e. The first-order chi connectivity index (χ1) is 11.0. The van der Waals surface area contributed by atoms with Crippen molar-refractivity contribution in [2.75, 3.05) is 12.4 Å². The lowest BCUT2D eigenvalue weighted by Gasteiger charge is -2.23. The van der Waals surface area contributed by atoms with E-state index in [2.05, 4.69) is 30.4 Å². The van der Waals surface area contributed by atoms with Gasteiger partial charge in [-0.15, -0.1) is 0 Å². The van der Waals surface area contributed by atoms with E-state index in [1.165, 1.54) is 5.56 Å². The molecule has 0 spiro atoms. The van der Waals surface area contributed by atoms with Crippen molar-refractivity contribution in [1.82, 2.24) is 0 Å². The minimum absolute atomic E-state index is 0.0165. The first-order valence-corrected chi connectivity index (χ1v) is 8.13. The fourth-order valence-electron chi connectivity index (χ4n) is 3.22. The lowest BCUT2D eigenvalue weighted by atomic mass is 9.78. The summed E-state index contributed by atoms with van der Waals surface area (Å²) in [4.78, 5) is 12.7. The van der Waals surface area contributed by atoms with Gasteiger partial charge in [-0.05, 0) is 60.7 Å². The van der Waals surface area contributed by atoms with Gasteiger partial charge in [-0.25, -0.2) is 0 Å². The average Bonchev–Trinajstić information content (AvgIpc) is 2.78. The third-order valence-corrected chi connectivity index (χ3v) is 4.86. The summed E-state index contributed by atoms with van der Waals surface area (Å²) in [6, 6.07) is 11.7. The molecule has 4 heteroatoms. The summed E-state index contributed by atoms with van der Waals surface area (Å²) in [7, 11) is 1.63. The van der Waals surface area contributed by atoms with Crippen molar-refractivity contribution in [3.8, 4) is 5.75 Å². The van der Waals surface area contributed by atoms with Crippen LogP contribution in [0.4, 0.5) is 5.69 Å². The second-order valence-corrected chi connectivity index (χ2v) is 6.59. The lowest BCUT2D eigenvalue weighted by Crippen LogP contribution is -2.33. The molecule has 0 fully saturated rings. The average molecular weight is 330 g/mol. The predicted octanol–water partition coefficient (Wildman–Crippen LogP) is 4.36. The number of methoxy groups -OCH3 is 1. The number of rotatable bonds is 4. The molecule has 1 aliphatic rings.